The number of ketones is 1. The molecule has 0 aliphatic carbocycles. The fraction of sp³-hybridized carbons (Fsp3) is 0.391. The Hall–Kier alpha value is -2.53. The molecule has 1 aliphatic heterocycles. The van der Waals surface area contributed by atoms with E-state index in [1.807, 2.05) is 18.2 Å². The van der Waals surface area contributed by atoms with Gasteiger partial charge in [0.1, 0.15) is 5.82 Å². The van der Waals surface area contributed by atoms with E-state index in [4.69, 9.17) is 0 Å². The first-order valence-corrected chi connectivity index (χ1v) is 9.98. The lowest BCUT2D eigenvalue weighted by Crippen LogP contribution is -2.36. The van der Waals surface area contributed by atoms with Crippen molar-refractivity contribution >= 4 is 11.7 Å². The molecule has 1 aliphatic rings. The summed E-state index contributed by atoms with van der Waals surface area (Å²) in [4.78, 5) is 26.7. The molecule has 0 radical (unpaired) electrons. The van der Waals surface area contributed by atoms with Crippen molar-refractivity contribution < 1.29 is 14.0 Å². The zero-order chi connectivity index (χ0) is 19.8. The normalized spacial score (nSPS) is 15.3. The molecule has 3 rings (SSSR count). The molecule has 2 aromatic rings. The maximum Gasteiger partial charge on any atom is 0.220 e. The molecule has 2 aromatic carbocycles. The van der Waals surface area contributed by atoms with Crippen LogP contribution in [0.1, 0.15) is 54.1 Å². The molecular formula is C23H27FN2O2. The molecule has 4 nitrogen and oxygen atoms in total. The summed E-state index contributed by atoms with van der Waals surface area (Å²) in [6.45, 7) is 2.48. The second-order valence-electron chi connectivity index (χ2n) is 7.26. The number of carbonyl (C=O) groups excluding carboxylic acids is 2. The largest absolute Gasteiger partial charge is 0.354 e. The van der Waals surface area contributed by atoms with E-state index in [-0.39, 0.29) is 23.5 Å². The van der Waals surface area contributed by atoms with E-state index in [1.54, 1.807) is 24.3 Å². The van der Waals surface area contributed by atoms with Crippen LogP contribution >= 0.6 is 0 Å². The average Bonchev–Trinajstić information content (AvgIpc) is 3.24. The van der Waals surface area contributed by atoms with Crippen molar-refractivity contribution in [3.63, 3.8) is 0 Å². The number of nitrogens with one attached hydrogen (secondary N) is 1. The predicted octanol–water partition coefficient (Wildman–Crippen LogP) is 4.13. The van der Waals surface area contributed by atoms with Crippen LogP contribution < -0.4 is 5.32 Å². The fourth-order valence-corrected chi connectivity index (χ4v) is 3.67. The SMILES string of the molecule is O=C(CCCC(=O)c1ccccc1)NCC(c1ccc(F)cc1)N1CCCC1. The quantitative estimate of drug-likeness (QED) is 0.664. The fourth-order valence-electron chi connectivity index (χ4n) is 3.67. The topological polar surface area (TPSA) is 49.4 Å². The molecule has 0 bridgehead atoms. The number of benzene rings is 2. The van der Waals surface area contributed by atoms with Gasteiger partial charge in [-0.3, -0.25) is 14.5 Å². The van der Waals surface area contributed by atoms with Gasteiger partial charge in [-0.2, -0.15) is 0 Å². The van der Waals surface area contributed by atoms with E-state index < -0.39 is 0 Å². The standard InChI is InChI=1S/C23H27FN2O2/c24-20-13-11-18(12-14-20)21(26-15-4-5-16-26)17-25-23(28)10-6-9-22(27)19-7-2-1-3-8-19/h1-3,7-8,11-14,21H,4-6,9-10,15-17H2,(H,25,28). The van der Waals surface area contributed by atoms with E-state index in [9.17, 15) is 14.0 Å². The zero-order valence-corrected chi connectivity index (χ0v) is 16.1. The van der Waals surface area contributed by atoms with Gasteiger partial charge in [-0.1, -0.05) is 42.5 Å². The van der Waals surface area contributed by atoms with Crippen LogP contribution in [0.3, 0.4) is 0 Å². The number of halogens is 1. The van der Waals surface area contributed by atoms with Gasteiger partial charge in [-0.05, 0) is 50.0 Å². The van der Waals surface area contributed by atoms with Gasteiger partial charge in [0.05, 0.1) is 6.04 Å². The summed E-state index contributed by atoms with van der Waals surface area (Å²) in [7, 11) is 0. The average molecular weight is 382 g/mol. The van der Waals surface area contributed by atoms with Crippen LogP contribution in [0.2, 0.25) is 0 Å². The number of Topliss-reactive ketones (excluding diaryl/α,β-unsaturated/α-hetero) is 1. The number of hydrogen-bond acceptors (Lipinski definition) is 3. The van der Waals surface area contributed by atoms with Crippen LogP contribution in [0.4, 0.5) is 4.39 Å². The summed E-state index contributed by atoms with van der Waals surface area (Å²) in [5.41, 5.74) is 1.70. The lowest BCUT2D eigenvalue weighted by molar-refractivity contribution is -0.121. The summed E-state index contributed by atoms with van der Waals surface area (Å²) in [5, 5.41) is 3.00. The van der Waals surface area contributed by atoms with Crippen LogP contribution in [-0.2, 0) is 4.79 Å². The first kappa shape index (κ1) is 20.2. The number of carbonyl (C=O) groups is 2. The Morgan fingerprint density at radius 1 is 0.964 bits per heavy atom. The van der Waals surface area contributed by atoms with Crippen LogP contribution in [0.25, 0.3) is 0 Å². The van der Waals surface area contributed by atoms with Crippen LogP contribution in [0.15, 0.2) is 54.6 Å². The number of rotatable bonds is 9. The Kier molecular flexibility index (Phi) is 7.31. The lowest BCUT2D eigenvalue weighted by Gasteiger charge is -2.28. The third kappa shape index (κ3) is 5.73. The van der Waals surface area contributed by atoms with Crippen LogP contribution in [-0.4, -0.2) is 36.2 Å². The van der Waals surface area contributed by atoms with Gasteiger partial charge < -0.3 is 5.32 Å². The zero-order valence-electron chi connectivity index (χ0n) is 16.1. The Labute approximate surface area is 165 Å². The van der Waals surface area contributed by atoms with Gasteiger partial charge in [-0.25, -0.2) is 4.39 Å². The lowest BCUT2D eigenvalue weighted by atomic mass is 10.0. The second kappa shape index (κ2) is 10.1. The molecule has 1 atom stereocenters. The van der Waals surface area contributed by atoms with Crippen molar-refractivity contribution in [3.05, 3.63) is 71.5 Å². The van der Waals surface area contributed by atoms with E-state index in [2.05, 4.69) is 10.2 Å². The summed E-state index contributed by atoms with van der Waals surface area (Å²) in [5.74, 6) is -0.238. The Balaban J connectivity index is 1.48. The van der Waals surface area contributed by atoms with Gasteiger partial charge in [0.2, 0.25) is 5.91 Å². The molecule has 1 N–H and O–H groups in total. The number of nitrogens with zero attached hydrogens (tertiary/aromatic N) is 1. The molecular weight excluding hydrogens is 355 g/mol. The van der Waals surface area contributed by atoms with E-state index in [1.165, 1.54) is 12.1 Å². The molecule has 28 heavy (non-hydrogen) atoms. The molecule has 0 saturated carbocycles. The highest BCUT2D eigenvalue weighted by molar-refractivity contribution is 5.96. The molecule has 0 spiro atoms. The second-order valence-corrected chi connectivity index (χ2v) is 7.26. The van der Waals surface area contributed by atoms with Gasteiger partial charge in [-0.15, -0.1) is 0 Å². The minimum absolute atomic E-state index is 0.0489. The molecule has 1 heterocycles. The van der Waals surface area contributed by atoms with Gasteiger partial charge in [0, 0.05) is 24.9 Å². The molecule has 148 valence electrons. The minimum Gasteiger partial charge on any atom is -0.354 e. The molecule has 5 heteroatoms. The van der Waals surface area contributed by atoms with E-state index in [0.717, 1.165) is 31.5 Å². The maximum atomic E-state index is 13.3. The Morgan fingerprint density at radius 3 is 2.32 bits per heavy atom. The monoisotopic (exact) mass is 382 g/mol. The van der Waals surface area contributed by atoms with Crippen molar-refractivity contribution in [1.29, 1.82) is 0 Å². The first-order valence-electron chi connectivity index (χ1n) is 9.98. The summed E-state index contributed by atoms with van der Waals surface area (Å²) < 4.78 is 13.3. The highest BCUT2D eigenvalue weighted by Gasteiger charge is 2.24. The predicted molar refractivity (Wildman–Crippen MR) is 108 cm³/mol. The van der Waals surface area contributed by atoms with Gasteiger partial charge in [0.25, 0.3) is 0 Å². The summed E-state index contributed by atoms with van der Waals surface area (Å²) in [6.07, 6.45) is 3.52. The Bertz CT molecular complexity index is 771. The smallest absolute Gasteiger partial charge is 0.220 e. The molecule has 1 amide bonds. The molecule has 1 fully saturated rings. The summed E-state index contributed by atoms with van der Waals surface area (Å²) in [6, 6.07) is 15.7. The molecule has 1 unspecified atom stereocenters. The van der Waals surface area contributed by atoms with E-state index in [0.29, 0.717) is 31.4 Å². The Morgan fingerprint density at radius 2 is 1.64 bits per heavy atom. The van der Waals surface area contributed by atoms with Crippen molar-refractivity contribution in [2.75, 3.05) is 19.6 Å². The molecule has 1 saturated heterocycles. The van der Waals surface area contributed by atoms with Crippen LogP contribution in [0, 0.1) is 5.82 Å². The highest BCUT2D eigenvalue weighted by Crippen LogP contribution is 2.24. The van der Waals surface area contributed by atoms with Crippen molar-refractivity contribution in [2.24, 2.45) is 0 Å². The van der Waals surface area contributed by atoms with Gasteiger partial charge in [0.15, 0.2) is 5.78 Å². The van der Waals surface area contributed by atoms with Crippen molar-refractivity contribution in [1.82, 2.24) is 10.2 Å². The summed E-state index contributed by atoms with van der Waals surface area (Å²) >= 11 is 0. The third-order valence-electron chi connectivity index (χ3n) is 5.23. The molecule has 0 aromatic heterocycles. The number of hydrogen-bond donors (Lipinski definition) is 1. The highest BCUT2D eigenvalue weighted by atomic mass is 19.1. The van der Waals surface area contributed by atoms with Gasteiger partial charge >= 0.3 is 0 Å². The number of amides is 1. The number of likely N-dealkylation sites (tertiary alicyclic amines) is 1. The van der Waals surface area contributed by atoms with E-state index >= 15 is 0 Å². The maximum absolute atomic E-state index is 13.3. The third-order valence-corrected chi connectivity index (χ3v) is 5.23. The van der Waals surface area contributed by atoms with Crippen LogP contribution in [0.5, 0.6) is 0 Å². The first-order chi connectivity index (χ1) is 13.6. The van der Waals surface area contributed by atoms with Crippen molar-refractivity contribution in [3.8, 4) is 0 Å². The minimum atomic E-state index is -0.254. The van der Waals surface area contributed by atoms with Crippen molar-refractivity contribution in [2.45, 2.75) is 38.1 Å².